The van der Waals surface area contributed by atoms with Crippen LogP contribution < -0.4 is 0 Å². The molecule has 74 valence electrons. The number of benzene rings is 1. The summed E-state index contributed by atoms with van der Waals surface area (Å²) in [6, 6.07) is 4.16. The van der Waals surface area contributed by atoms with E-state index >= 15 is 0 Å². The second-order valence-electron chi connectivity index (χ2n) is 3.19. The molecule has 0 saturated heterocycles. The molecule has 1 aromatic rings. The average molecular weight is 254 g/mol. The largest absolute Gasteiger partial charge is 0.0936 e. The molecule has 0 atom stereocenters. The first kappa shape index (κ1) is 11.1. The lowest BCUT2D eigenvalue weighted by molar-refractivity contribution is 0.943. The molecule has 0 amide bonds. The number of hydrogen-bond donors (Lipinski definition) is 0. The monoisotopic (exact) mass is 253 g/mol. The zero-order valence-electron chi connectivity index (χ0n) is 8.29. The summed E-state index contributed by atoms with van der Waals surface area (Å²) >= 11 is 3.54. The van der Waals surface area contributed by atoms with Gasteiger partial charge in [-0.15, -0.1) is 0 Å². The van der Waals surface area contributed by atoms with Crippen molar-refractivity contribution in [3.05, 3.63) is 43.7 Å². The molecule has 0 saturated carbocycles. The first-order chi connectivity index (χ1) is 6.66. The molecule has 0 radical (unpaired) electrons. The van der Waals surface area contributed by atoms with Crippen LogP contribution in [0.4, 0.5) is 0 Å². The fourth-order valence-corrected chi connectivity index (χ4v) is 1.73. The fourth-order valence-electron chi connectivity index (χ4n) is 1.35. The third kappa shape index (κ3) is 2.50. The molecule has 0 aliphatic rings. The molecular weight excluding hydrogens is 242 g/mol. The lowest BCUT2D eigenvalue weighted by Crippen LogP contribution is -1.94. The number of halogens is 1. The van der Waals surface area contributed by atoms with Crippen LogP contribution in [0.5, 0.6) is 0 Å². The Hall–Kier alpha value is -0.990. The Morgan fingerprint density at radius 1 is 1.43 bits per heavy atom. The quantitative estimate of drug-likeness (QED) is 0.446. The van der Waals surface area contributed by atoms with Gasteiger partial charge in [0.25, 0.3) is 0 Å². The highest BCUT2D eigenvalue weighted by molar-refractivity contribution is 9.10. The summed E-state index contributed by atoms with van der Waals surface area (Å²) in [7, 11) is 0. The number of nitrogens with zero attached hydrogens (tertiary/aromatic N) is 3. The standard InChI is InChI=1S/C10H12BrN3/c1-7-3-4-9(5-6-13-14-12)8(2)10(7)11/h3-4H,5-6H2,1-2H3. The Morgan fingerprint density at radius 3 is 2.79 bits per heavy atom. The molecule has 0 unspecified atom stereocenters. The summed E-state index contributed by atoms with van der Waals surface area (Å²) < 4.78 is 1.15. The molecule has 0 N–H and O–H groups in total. The average Bonchev–Trinajstić information content (AvgIpc) is 2.18. The smallest absolute Gasteiger partial charge is 0.0298 e. The Bertz CT molecular complexity index is 381. The van der Waals surface area contributed by atoms with Crippen LogP contribution in [-0.2, 0) is 6.42 Å². The van der Waals surface area contributed by atoms with E-state index in [1.807, 2.05) is 0 Å². The minimum absolute atomic E-state index is 0.521. The van der Waals surface area contributed by atoms with E-state index in [2.05, 4.69) is 51.9 Å². The van der Waals surface area contributed by atoms with E-state index in [0.717, 1.165) is 10.9 Å². The minimum atomic E-state index is 0.521. The van der Waals surface area contributed by atoms with Gasteiger partial charge in [0, 0.05) is 15.9 Å². The highest BCUT2D eigenvalue weighted by Gasteiger charge is 2.03. The van der Waals surface area contributed by atoms with Gasteiger partial charge in [-0.3, -0.25) is 0 Å². The summed E-state index contributed by atoms with van der Waals surface area (Å²) in [6.07, 6.45) is 0.800. The fraction of sp³-hybridized carbons (Fsp3) is 0.400. The van der Waals surface area contributed by atoms with Crippen LogP contribution in [0, 0.1) is 13.8 Å². The van der Waals surface area contributed by atoms with E-state index in [9.17, 15) is 0 Å². The highest BCUT2D eigenvalue weighted by atomic mass is 79.9. The van der Waals surface area contributed by atoms with Gasteiger partial charge in [0.05, 0.1) is 0 Å². The Balaban J connectivity index is 2.88. The minimum Gasteiger partial charge on any atom is -0.0936 e. The van der Waals surface area contributed by atoms with Gasteiger partial charge < -0.3 is 0 Å². The van der Waals surface area contributed by atoms with E-state index in [-0.39, 0.29) is 0 Å². The topological polar surface area (TPSA) is 48.8 Å². The Kier molecular flexibility index (Phi) is 3.98. The van der Waals surface area contributed by atoms with Crippen molar-refractivity contribution in [2.24, 2.45) is 5.11 Å². The van der Waals surface area contributed by atoms with Gasteiger partial charge in [-0.05, 0) is 42.5 Å². The Labute approximate surface area is 91.9 Å². The summed E-state index contributed by atoms with van der Waals surface area (Å²) in [5, 5.41) is 3.53. The third-order valence-electron chi connectivity index (χ3n) is 2.24. The lowest BCUT2D eigenvalue weighted by atomic mass is 10.0. The maximum absolute atomic E-state index is 8.16. The highest BCUT2D eigenvalue weighted by Crippen LogP contribution is 2.24. The first-order valence-corrected chi connectivity index (χ1v) is 5.21. The number of azide groups is 1. The molecule has 1 rings (SSSR count). The molecule has 0 heterocycles. The molecule has 0 aromatic heterocycles. The van der Waals surface area contributed by atoms with Crippen molar-refractivity contribution in [3.8, 4) is 0 Å². The van der Waals surface area contributed by atoms with Crippen molar-refractivity contribution in [2.45, 2.75) is 20.3 Å². The molecule has 0 aliphatic heterocycles. The lowest BCUT2D eigenvalue weighted by Gasteiger charge is -2.08. The normalized spacial score (nSPS) is 9.64. The van der Waals surface area contributed by atoms with Crippen molar-refractivity contribution < 1.29 is 0 Å². The van der Waals surface area contributed by atoms with Crippen molar-refractivity contribution in [1.29, 1.82) is 0 Å². The van der Waals surface area contributed by atoms with Crippen LogP contribution in [0.1, 0.15) is 16.7 Å². The van der Waals surface area contributed by atoms with E-state index in [1.165, 1.54) is 16.7 Å². The number of aryl methyl sites for hydroxylation is 1. The molecule has 1 aromatic carbocycles. The first-order valence-electron chi connectivity index (χ1n) is 4.42. The van der Waals surface area contributed by atoms with Crippen molar-refractivity contribution in [1.82, 2.24) is 0 Å². The number of hydrogen-bond acceptors (Lipinski definition) is 1. The van der Waals surface area contributed by atoms with Crippen LogP contribution in [0.25, 0.3) is 10.4 Å². The van der Waals surface area contributed by atoms with Crippen LogP contribution in [-0.4, -0.2) is 6.54 Å². The molecule has 3 nitrogen and oxygen atoms in total. The zero-order valence-corrected chi connectivity index (χ0v) is 9.87. The van der Waals surface area contributed by atoms with Gasteiger partial charge in [-0.2, -0.15) is 0 Å². The predicted octanol–water partition coefficient (Wildman–Crippen LogP) is 3.92. The van der Waals surface area contributed by atoms with Gasteiger partial charge in [-0.1, -0.05) is 33.2 Å². The second-order valence-corrected chi connectivity index (χ2v) is 3.98. The van der Waals surface area contributed by atoms with Crippen molar-refractivity contribution in [2.75, 3.05) is 6.54 Å². The van der Waals surface area contributed by atoms with Crippen molar-refractivity contribution >= 4 is 15.9 Å². The van der Waals surface area contributed by atoms with Gasteiger partial charge in [0.1, 0.15) is 0 Å². The molecule has 14 heavy (non-hydrogen) atoms. The molecule has 0 spiro atoms. The van der Waals surface area contributed by atoms with E-state index in [4.69, 9.17) is 5.53 Å². The Morgan fingerprint density at radius 2 is 2.14 bits per heavy atom. The predicted molar refractivity (Wildman–Crippen MR) is 61.3 cm³/mol. The third-order valence-corrected chi connectivity index (χ3v) is 3.46. The molecule has 0 aliphatic carbocycles. The van der Waals surface area contributed by atoms with Gasteiger partial charge in [0.2, 0.25) is 0 Å². The van der Waals surface area contributed by atoms with Gasteiger partial charge in [-0.25, -0.2) is 0 Å². The summed E-state index contributed by atoms with van der Waals surface area (Å²) in [5.41, 5.74) is 11.9. The van der Waals surface area contributed by atoms with Crippen molar-refractivity contribution in [3.63, 3.8) is 0 Å². The van der Waals surface area contributed by atoms with Crippen LogP contribution in [0.15, 0.2) is 21.7 Å². The second kappa shape index (κ2) is 5.03. The van der Waals surface area contributed by atoms with Crippen LogP contribution in [0.2, 0.25) is 0 Å². The SMILES string of the molecule is Cc1ccc(CCN=[N+]=[N-])c(C)c1Br. The van der Waals surface area contributed by atoms with E-state index < -0.39 is 0 Å². The van der Waals surface area contributed by atoms with Crippen LogP contribution in [0.3, 0.4) is 0 Å². The zero-order chi connectivity index (χ0) is 10.6. The molecule has 0 fully saturated rings. The molecule has 4 heteroatoms. The van der Waals surface area contributed by atoms with E-state index in [0.29, 0.717) is 6.54 Å². The van der Waals surface area contributed by atoms with Gasteiger partial charge >= 0.3 is 0 Å². The van der Waals surface area contributed by atoms with E-state index in [1.54, 1.807) is 0 Å². The maximum Gasteiger partial charge on any atom is 0.0298 e. The van der Waals surface area contributed by atoms with Crippen LogP contribution >= 0.6 is 15.9 Å². The summed E-state index contributed by atoms with van der Waals surface area (Å²) in [5.74, 6) is 0. The molecule has 0 bridgehead atoms. The summed E-state index contributed by atoms with van der Waals surface area (Å²) in [4.78, 5) is 2.73. The molecular formula is C10H12BrN3. The number of rotatable bonds is 3. The maximum atomic E-state index is 8.16. The van der Waals surface area contributed by atoms with Gasteiger partial charge in [0.15, 0.2) is 0 Å². The summed E-state index contributed by atoms with van der Waals surface area (Å²) in [6.45, 7) is 4.66.